The number of benzene rings is 1. The van der Waals surface area contributed by atoms with Crippen LogP contribution >= 0.6 is 0 Å². The van der Waals surface area contributed by atoms with E-state index in [0.29, 0.717) is 12.1 Å². The molecule has 0 spiro atoms. The van der Waals surface area contributed by atoms with Gasteiger partial charge in [0.25, 0.3) is 0 Å². The van der Waals surface area contributed by atoms with Crippen molar-refractivity contribution in [3.63, 3.8) is 0 Å². The van der Waals surface area contributed by atoms with Crippen LogP contribution in [0.5, 0.6) is 0 Å². The first-order chi connectivity index (χ1) is 8.74. The third-order valence-electron chi connectivity index (χ3n) is 3.22. The molecule has 2 heterocycles. The molecule has 0 saturated carbocycles. The van der Waals surface area contributed by atoms with Crippen molar-refractivity contribution in [3.8, 4) is 0 Å². The lowest BCUT2D eigenvalue weighted by molar-refractivity contribution is 0.543. The first-order valence-electron chi connectivity index (χ1n) is 5.92. The van der Waals surface area contributed by atoms with Gasteiger partial charge in [0.2, 0.25) is 0 Å². The molecule has 1 aliphatic heterocycles. The summed E-state index contributed by atoms with van der Waals surface area (Å²) in [7, 11) is 0. The smallest absolute Gasteiger partial charge is 0.131 e. The fourth-order valence-electron chi connectivity index (χ4n) is 2.26. The second-order valence-corrected chi connectivity index (χ2v) is 4.44. The van der Waals surface area contributed by atoms with Crippen molar-refractivity contribution < 1.29 is 8.78 Å². The molecule has 0 saturated heterocycles. The summed E-state index contributed by atoms with van der Waals surface area (Å²) in [6.45, 7) is 2.06. The third-order valence-corrected chi connectivity index (χ3v) is 3.22. The van der Waals surface area contributed by atoms with E-state index in [2.05, 4.69) is 10.4 Å². The van der Waals surface area contributed by atoms with E-state index < -0.39 is 11.6 Å². The molecular weight excluding hydrogens is 236 g/mol. The number of hydrogen-bond donors (Lipinski definition) is 1. The van der Waals surface area contributed by atoms with Gasteiger partial charge in [-0.25, -0.2) is 8.78 Å². The predicted octanol–water partition coefficient (Wildman–Crippen LogP) is 1.86. The zero-order chi connectivity index (χ0) is 12.5. The number of aromatic nitrogens is 2. The highest BCUT2D eigenvalue weighted by Gasteiger charge is 2.15. The van der Waals surface area contributed by atoms with Gasteiger partial charge in [0.1, 0.15) is 11.6 Å². The van der Waals surface area contributed by atoms with Gasteiger partial charge in [0, 0.05) is 42.4 Å². The van der Waals surface area contributed by atoms with E-state index in [0.717, 1.165) is 36.8 Å². The largest absolute Gasteiger partial charge is 0.312 e. The molecule has 5 heteroatoms. The van der Waals surface area contributed by atoms with E-state index >= 15 is 0 Å². The number of fused-ring (bicyclic) bond motifs is 1. The van der Waals surface area contributed by atoms with E-state index in [9.17, 15) is 8.78 Å². The fourth-order valence-corrected chi connectivity index (χ4v) is 2.26. The Morgan fingerprint density at radius 2 is 2.22 bits per heavy atom. The van der Waals surface area contributed by atoms with Crippen LogP contribution in [-0.4, -0.2) is 16.3 Å². The van der Waals surface area contributed by atoms with E-state index in [1.807, 2.05) is 6.20 Å². The van der Waals surface area contributed by atoms with E-state index in [-0.39, 0.29) is 0 Å². The van der Waals surface area contributed by atoms with Crippen molar-refractivity contribution in [2.75, 3.05) is 6.54 Å². The lowest BCUT2D eigenvalue weighted by atomic mass is 10.1. The van der Waals surface area contributed by atoms with Crippen LogP contribution in [0, 0.1) is 11.6 Å². The highest BCUT2D eigenvalue weighted by molar-refractivity contribution is 5.24. The lowest BCUT2D eigenvalue weighted by Gasteiger charge is -2.15. The standard InChI is InChI=1S/C13H13F2N3/c14-11-2-1-9(12(15)5-11)8-18-13-3-4-16-6-10(13)7-17-18/h1-2,5,7,16H,3-4,6,8H2. The van der Waals surface area contributed by atoms with Crippen LogP contribution in [0.2, 0.25) is 0 Å². The van der Waals surface area contributed by atoms with Crippen molar-refractivity contribution in [1.82, 2.24) is 15.1 Å². The molecule has 0 bridgehead atoms. The Balaban J connectivity index is 1.90. The molecule has 1 aromatic heterocycles. The van der Waals surface area contributed by atoms with Crippen LogP contribution in [-0.2, 0) is 19.5 Å². The molecule has 0 fully saturated rings. The summed E-state index contributed by atoms with van der Waals surface area (Å²) < 4.78 is 28.2. The highest BCUT2D eigenvalue weighted by atomic mass is 19.1. The first kappa shape index (κ1) is 11.3. The lowest BCUT2D eigenvalue weighted by Crippen LogP contribution is -2.25. The van der Waals surface area contributed by atoms with Crippen molar-refractivity contribution in [2.24, 2.45) is 0 Å². The molecule has 0 radical (unpaired) electrons. The predicted molar refractivity (Wildman–Crippen MR) is 63.1 cm³/mol. The Morgan fingerprint density at radius 3 is 3.06 bits per heavy atom. The molecule has 18 heavy (non-hydrogen) atoms. The maximum Gasteiger partial charge on any atom is 0.131 e. The van der Waals surface area contributed by atoms with Gasteiger partial charge in [-0.1, -0.05) is 6.07 Å². The Morgan fingerprint density at radius 1 is 1.33 bits per heavy atom. The second-order valence-electron chi connectivity index (χ2n) is 4.44. The van der Waals surface area contributed by atoms with Gasteiger partial charge in [0.15, 0.2) is 0 Å². The van der Waals surface area contributed by atoms with Gasteiger partial charge in [-0.2, -0.15) is 5.10 Å². The van der Waals surface area contributed by atoms with Crippen molar-refractivity contribution >= 4 is 0 Å². The minimum Gasteiger partial charge on any atom is -0.312 e. The van der Waals surface area contributed by atoms with Crippen LogP contribution in [0.1, 0.15) is 16.8 Å². The summed E-state index contributed by atoms with van der Waals surface area (Å²) in [6, 6.07) is 3.66. The van der Waals surface area contributed by atoms with Crippen LogP contribution in [0.4, 0.5) is 8.78 Å². The number of hydrogen-bond acceptors (Lipinski definition) is 2. The fraction of sp³-hybridized carbons (Fsp3) is 0.308. The Bertz CT molecular complexity index is 578. The quantitative estimate of drug-likeness (QED) is 0.880. The summed E-state index contributed by atoms with van der Waals surface area (Å²) in [4.78, 5) is 0. The third kappa shape index (κ3) is 2.01. The normalized spacial score (nSPS) is 14.6. The number of nitrogens with zero attached hydrogens (tertiary/aromatic N) is 2. The molecule has 1 N–H and O–H groups in total. The number of nitrogens with one attached hydrogen (secondary N) is 1. The van der Waals surface area contributed by atoms with Gasteiger partial charge in [-0.05, 0) is 6.07 Å². The minimum atomic E-state index is -0.553. The van der Waals surface area contributed by atoms with Crippen molar-refractivity contribution in [2.45, 2.75) is 19.5 Å². The monoisotopic (exact) mass is 249 g/mol. The number of halogens is 2. The molecule has 0 atom stereocenters. The average Bonchev–Trinajstić information content (AvgIpc) is 2.76. The topological polar surface area (TPSA) is 29.9 Å². The van der Waals surface area contributed by atoms with Gasteiger partial charge in [-0.15, -0.1) is 0 Å². The molecule has 94 valence electrons. The second kappa shape index (κ2) is 4.49. The molecule has 0 unspecified atom stereocenters. The molecular formula is C13H13F2N3. The summed E-state index contributed by atoms with van der Waals surface area (Å²) in [5.74, 6) is -1.07. The summed E-state index contributed by atoms with van der Waals surface area (Å²) in [5, 5.41) is 7.53. The van der Waals surface area contributed by atoms with Gasteiger partial charge >= 0.3 is 0 Å². The van der Waals surface area contributed by atoms with E-state index in [1.54, 1.807) is 4.68 Å². The minimum absolute atomic E-state index is 0.349. The Kier molecular flexibility index (Phi) is 2.83. The molecule has 0 amide bonds. The van der Waals surface area contributed by atoms with E-state index in [1.165, 1.54) is 12.1 Å². The maximum atomic E-state index is 13.6. The number of rotatable bonds is 2. The van der Waals surface area contributed by atoms with Gasteiger partial charge in [0.05, 0.1) is 12.7 Å². The highest BCUT2D eigenvalue weighted by Crippen LogP contribution is 2.16. The summed E-state index contributed by atoms with van der Waals surface area (Å²) in [5.41, 5.74) is 2.75. The maximum absolute atomic E-state index is 13.6. The zero-order valence-corrected chi connectivity index (χ0v) is 9.79. The van der Waals surface area contributed by atoms with Crippen molar-refractivity contribution in [1.29, 1.82) is 0 Å². The van der Waals surface area contributed by atoms with E-state index in [4.69, 9.17) is 0 Å². The molecule has 1 aromatic carbocycles. The Labute approximate surface area is 103 Å². The Hall–Kier alpha value is -1.75. The zero-order valence-electron chi connectivity index (χ0n) is 9.79. The van der Waals surface area contributed by atoms with Crippen LogP contribution in [0.3, 0.4) is 0 Å². The summed E-state index contributed by atoms with van der Waals surface area (Å²) >= 11 is 0. The molecule has 1 aliphatic rings. The molecule has 0 aliphatic carbocycles. The molecule has 2 aromatic rings. The van der Waals surface area contributed by atoms with Crippen LogP contribution in [0.25, 0.3) is 0 Å². The van der Waals surface area contributed by atoms with Gasteiger partial charge < -0.3 is 5.32 Å². The van der Waals surface area contributed by atoms with Crippen LogP contribution < -0.4 is 5.32 Å². The SMILES string of the molecule is Fc1ccc(Cn2ncc3c2CCNC3)c(F)c1. The molecule has 3 nitrogen and oxygen atoms in total. The summed E-state index contributed by atoms with van der Waals surface area (Å²) in [6.07, 6.45) is 2.70. The average molecular weight is 249 g/mol. The molecule has 3 rings (SSSR count). The van der Waals surface area contributed by atoms with Crippen molar-refractivity contribution in [3.05, 3.63) is 52.9 Å². The van der Waals surface area contributed by atoms with Gasteiger partial charge in [-0.3, -0.25) is 4.68 Å². The first-order valence-corrected chi connectivity index (χ1v) is 5.92. The van der Waals surface area contributed by atoms with Crippen LogP contribution in [0.15, 0.2) is 24.4 Å².